The fraction of sp³-hybridized carbons (Fsp3) is 0.250. The summed E-state index contributed by atoms with van der Waals surface area (Å²) in [5, 5.41) is 0. The van der Waals surface area contributed by atoms with Crippen LogP contribution in [0.2, 0.25) is 0 Å². The van der Waals surface area contributed by atoms with Gasteiger partial charge >= 0.3 is 0 Å². The highest BCUT2D eigenvalue weighted by Gasteiger charge is 1.99. The van der Waals surface area contributed by atoms with Crippen LogP contribution in [-0.2, 0) is 6.54 Å². The van der Waals surface area contributed by atoms with Gasteiger partial charge < -0.3 is 0 Å². The van der Waals surface area contributed by atoms with Crippen LogP contribution < -0.4 is 11.3 Å². The first-order valence-electron chi connectivity index (χ1n) is 3.42. The molecule has 0 aliphatic heterocycles. The van der Waals surface area contributed by atoms with E-state index in [1.807, 2.05) is 6.92 Å². The van der Waals surface area contributed by atoms with Gasteiger partial charge in [0.15, 0.2) is 0 Å². The standard InChI is InChI=1S/C8H11FN2/c1-6-2-3-8(9)7(4-6)5-11-10/h2-4,11H,5,10H2,1H3. The maximum Gasteiger partial charge on any atom is 0.127 e. The van der Waals surface area contributed by atoms with Gasteiger partial charge in [-0.05, 0) is 13.0 Å². The van der Waals surface area contributed by atoms with Gasteiger partial charge in [0.2, 0.25) is 0 Å². The molecule has 60 valence electrons. The monoisotopic (exact) mass is 154 g/mol. The van der Waals surface area contributed by atoms with E-state index in [2.05, 4.69) is 5.43 Å². The molecular weight excluding hydrogens is 143 g/mol. The quantitative estimate of drug-likeness (QED) is 0.494. The van der Waals surface area contributed by atoms with E-state index in [1.54, 1.807) is 12.1 Å². The Balaban J connectivity index is 2.93. The van der Waals surface area contributed by atoms with Gasteiger partial charge in [0.05, 0.1) is 0 Å². The van der Waals surface area contributed by atoms with Gasteiger partial charge in [-0.25, -0.2) is 4.39 Å². The highest BCUT2D eigenvalue weighted by molar-refractivity contribution is 5.23. The van der Waals surface area contributed by atoms with Gasteiger partial charge in [-0.3, -0.25) is 11.3 Å². The van der Waals surface area contributed by atoms with E-state index in [4.69, 9.17) is 5.84 Å². The van der Waals surface area contributed by atoms with Crippen LogP contribution in [0.15, 0.2) is 18.2 Å². The Morgan fingerprint density at radius 3 is 2.91 bits per heavy atom. The minimum absolute atomic E-state index is 0.214. The van der Waals surface area contributed by atoms with Crippen molar-refractivity contribution in [3.05, 3.63) is 35.1 Å². The van der Waals surface area contributed by atoms with Crippen LogP contribution in [0.4, 0.5) is 4.39 Å². The molecule has 3 N–H and O–H groups in total. The molecule has 0 spiro atoms. The zero-order valence-electron chi connectivity index (χ0n) is 6.39. The Morgan fingerprint density at radius 2 is 2.27 bits per heavy atom. The molecular formula is C8H11FN2. The summed E-state index contributed by atoms with van der Waals surface area (Å²) < 4.78 is 12.9. The van der Waals surface area contributed by atoms with Gasteiger partial charge in [-0.1, -0.05) is 17.7 Å². The van der Waals surface area contributed by atoms with Crippen LogP contribution >= 0.6 is 0 Å². The lowest BCUT2D eigenvalue weighted by atomic mass is 10.1. The first kappa shape index (κ1) is 8.17. The van der Waals surface area contributed by atoms with Crippen LogP contribution in [0.3, 0.4) is 0 Å². The largest absolute Gasteiger partial charge is 0.271 e. The molecule has 3 heteroatoms. The predicted molar refractivity (Wildman–Crippen MR) is 42.2 cm³/mol. The highest BCUT2D eigenvalue weighted by atomic mass is 19.1. The maximum absolute atomic E-state index is 12.9. The molecule has 2 nitrogen and oxygen atoms in total. The fourth-order valence-electron chi connectivity index (χ4n) is 0.949. The van der Waals surface area contributed by atoms with E-state index >= 15 is 0 Å². The number of halogens is 1. The number of nitrogens with one attached hydrogen (secondary N) is 1. The molecule has 0 amide bonds. The van der Waals surface area contributed by atoms with Crippen molar-refractivity contribution in [3.63, 3.8) is 0 Å². The Hall–Kier alpha value is -0.930. The molecule has 0 atom stereocenters. The van der Waals surface area contributed by atoms with E-state index in [9.17, 15) is 4.39 Å². The summed E-state index contributed by atoms with van der Waals surface area (Å²) in [7, 11) is 0. The second kappa shape index (κ2) is 3.46. The van der Waals surface area contributed by atoms with Crippen molar-refractivity contribution in [2.45, 2.75) is 13.5 Å². The molecule has 0 saturated carbocycles. The molecule has 0 bridgehead atoms. The van der Waals surface area contributed by atoms with Crippen LogP contribution in [0.1, 0.15) is 11.1 Å². The summed E-state index contributed by atoms with van der Waals surface area (Å²) in [4.78, 5) is 0. The highest BCUT2D eigenvalue weighted by Crippen LogP contribution is 2.08. The smallest absolute Gasteiger partial charge is 0.127 e. The number of hydrazine groups is 1. The number of nitrogens with two attached hydrogens (primary N) is 1. The molecule has 0 fully saturated rings. The van der Waals surface area contributed by atoms with Crippen molar-refractivity contribution >= 4 is 0 Å². The van der Waals surface area contributed by atoms with E-state index in [0.717, 1.165) is 5.56 Å². The minimum atomic E-state index is -0.214. The van der Waals surface area contributed by atoms with Crippen molar-refractivity contribution in [2.24, 2.45) is 5.84 Å². The third-order valence-electron chi connectivity index (χ3n) is 1.49. The average Bonchev–Trinajstić information content (AvgIpc) is 1.98. The topological polar surface area (TPSA) is 38.0 Å². The molecule has 0 aliphatic carbocycles. The van der Waals surface area contributed by atoms with Gasteiger partial charge in [-0.2, -0.15) is 0 Å². The number of aryl methyl sites for hydroxylation is 1. The summed E-state index contributed by atoms with van der Waals surface area (Å²) in [6.07, 6.45) is 0. The molecule has 1 aromatic rings. The molecule has 0 saturated heterocycles. The van der Waals surface area contributed by atoms with E-state index in [-0.39, 0.29) is 5.82 Å². The molecule has 0 unspecified atom stereocenters. The molecule has 1 aromatic carbocycles. The lowest BCUT2D eigenvalue weighted by Gasteiger charge is -2.02. The molecule has 0 aromatic heterocycles. The summed E-state index contributed by atoms with van der Waals surface area (Å²) in [5.41, 5.74) is 4.05. The Kier molecular flexibility index (Phi) is 2.57. The van der Waals surface area contributed by atoms with Gasteiger partial charge in [0.1, 0.15) is 5.82 Å². The number of benzene rings is 1. The normalized spacial score (nSPS) is 10.1. The van der Waals surface area contributed by atoms with E-state index in [0.29, 0.717) is 12.1 Å². The molecule has 0 heterocycles. The van der Waals surface area contributed by atoms with E-state index in [1.165, 1.54) is 6.07 Å². The Bertz CT molecular complexity index is 248. The fourth-order valence-corrected chi connectivity index (χ4v) is 0.949. The summed E-state index contributed by atoms with van der Waals surface area (Å²) in [6, 6.07) is 4.95. The maximum atomic E-state index is 12.9. The van der Waals surface area contributed by atoms with Crippen LogP contribution in [-0.4, -0.2) is 0 Å². The summed E-state index contributed by atoms with van der Waals surface area (Å²) in [5.74, 6) is 4.85. The van der Waals surface area contributed by atoms with Gasteiger partial charge in [0, 0.05) is 12.1 Å². The first-order chi connectivity index (χ1) is 5.24. The minimum Gasteiger partial charge on any atom is -0.271 e. The predicted octanol–water partition coefficient (Wildman–Crippen LogP) is 1.10. The molecule has 0 aliphatic rings. The number of rotatable bonds is 2. The van der Waals surface area contributed by atoms with Crippen LogP contribution in [0, 0.1) is 12.7 Å². The number of hydrogen-bond acceptors (Lipinski definition) is 2. The molecule has 11 heavy (non-hydrogen) atoms. The zero-order chi connectivity index (χ0) is 8.27. The molecule has 1 rings (SSSR count). The average molecular weight is 154 g/mol. The second-order valence-electron chi connectivity index (χ2n) is 2.48. The second-order valence-corrected chi connectivity index (χ2v) is 2.48. The Labute approximate surface area is 65.2 Å². The Morgan fingerprint density at radius 1 is 1.55 bits per heavy atom. The van der Waals surface area contributed by atoms with Crippen LogP contribution in [0.5, 0.6) is 0 Å². The zero-order valence-corrected chi connectivity index (χ0v) is 6.39. The van der Waals surface area contributed by atoms with Crippen molar-refractivity contribution in [3.8, 4) is 0 Å². The van der Waals surface area contributed by atoms with Crippen molar-refractivity contribution in [1.29, 1.82) is 0 Å². The molecule has 0 radical (unpaired) electrons. The van der Waals surface area contributed by atoms with Crippen molar-refractivity contribution in [2.75, 3.05) is 0 Å². The third-order valence-corrected chi connectivity index (χ3v) is 1.49. The van der Waals surface area contributed by atoms with Gasteiger partial charge in [-0.15, -0.1) is 0 Å². The third kappa shape index (κ3) is 2.00. The summed E-state index contributed by atoms with van der Waals surface area (Å²) >= 11 is 0. The number of hydrogen-bond donors (Lipinski definition) is 2. The lowest BCUT2D eigenvalue weighted by Crippen LogP contribution is -2.21. The lowest BCUT2D eigenvalue weighted by molar-refractivity contribution is 0.593. The van der Waals surface area contributed by atoms with Crippen molar-refractivity contribution in [1.82, 2.24) is 5.43 Å². The van der Waals surface area contributed by atoms with Gasteiger partial charge in [0.25, 0.3) is 0 Å². The van der Waals surface area contributed by atoms with Crippen LogP contribution in [0.25, 0.3) is 0 Å². The summed E-state index contributed by atoms with van der Waals surface area (Å²) in [6.45, 7) is 2.28. The van der Waals surface area contributed by atoms with Crippen molar-refractivity contribution < 1.29 is 4.39 Å². The SMILES string of the molecule is Cc1ccc(F)c(CNN)c1. The van der Waals surface area contributed by atoms with E-state index < -0.39 is 0 Å². The first-order valence-corrected chi connectivity index (χ1v) is 3.42.